The zero-order valence-electron chi connectivity index (χ0n) is 13.4. The summed E-state index contributed by atoms with van der Waals surface area (Å²) in [5.41, 5.74) is 1.96. The number of halogens is 3. The highest BCUT2D eigenvalue weighted by molar-refractivity contribution is 5.95. The lowest BCUT2D eigenvalue weighted by atomic mass is 10.1. The zero-order chi connectivity index (χ0) is 17.7. The van der Waals surface area contributed by atoms with Gasteiger partial charge in [-0.15, -0.1) is 0 Å². The third-order valence-electron chi connectivity index (χ3n) is 3.30. The number of furan rings is 1. The first kappa shape index (κ1) is 18.1. The van der Waals surface area contributed by atoms with Crippen molar-refractivity contribution in [3.05, 3.63) is 58.5 Å². The lowest BCUT2D eigenvalue weighted by Gasteiger charge is -2.08. The van der Waals surface area contributed by atoms with Crippen LogP contribution in [0, 0.1) is 13.8 Å². The van der Waals surface area contributed by atoms with Crippen LogP contribution in [-0.2, 0) is 17.9 Å². The highest BCUT2D eigenvalue weighted by atomic mass is 19.4. The van der Waals surface area contributed by atoms with Crippen molar-refractivity contribution in [3.8, 4) is 0 Å². The molecule has 1 N–H and O–H groups in total. The minimum absolute atomic E-state index is 0.111. The van der Waals surface area contributed by atoms with Crippen LogP contribution < -0.4 is 5.32 Å². The van der Waals surface area contributed by atoms with Gasteiger partial charge in [0.25, 0.3) is 5.91 Å². The average Bonchev–Trinajstić information content (AvgIpc) is 2.83. The van der Waals surface area contributed by atoms with Crippen molar-refractivity contribution < 1.29 is 27.1 Å². The Balaban J connectivity index is 1.83. The fraction of sp³-hybridized carbons (Fsp3) is 0.353. The Hall–Kier alpha value is -2.28. The summed E-state index contributed by atoms with van der Waals surface area (Å²) in [5, 5.41) is 2.77. The lowest BCUT2D eigenvalue weighted by Crippen LogP contribution is -2.23. The Bertz CT molecular complexity index is 690. The van der Waals surface area contributed by atoms with E-state index in [1.807, 2.05) is 0 Å². The fourth-order valence-electron chi connectivity index (χ4n) is 2.17. The number of benzene rings is 1. The second kappa shape index (κ2) is 7.53. The minimum atomic E-state index is -4.33. The summed E-state index contributed by atoms with van der Waals surface area (Å²) >= 11 is 0. The van der Waals surface area contributed by atoms with Crippen LogP contribution >= 0.6 is 0 Å². The summed E-state index contributed by atoms with van der Waals surface area (Å²) in [6.07, 6.45) is -4.33. The van der Waals surface area contributed by atoms with Crippen LogP contribution in [0.3, 0.4) is 0 Å². The largest absolute Gasteiger partial charge is 0.466 e. The number of ether oxygens (including phenoxy) is 1. The van der Waals surface area contributed by atoms with Gasteiger partial charge in [-0.1, -0.05) is 24.3 Å². The zero-order valence-corrected chi connectivity index (χ0v) is 13.4. The highest BCUT2D eigenvalue weighted by Gasteiger charge is 2.27. The molecule has 0 aliphatic heterocycles. The van der Waals surface area contributed by atoms with Crippen molar-refractivity contribution in [2.24, 2.45) is 0 Å². The Kier molecular flexibility index (Phi) is 5.66. The number of carbonyl (C=O) groups is 1. The first-order valence-electron chi connectivity index (χ1n) is 7.32. The Morgan fingerprint density at radius 2 is 1.79 bits per heavy atom. The molecule has 0 fully saturated rings. The van der Waals surface area contributed by atoms with E-state index in [2.05, 4.69) is 10.1 Å². The summed E-state index contributed by atoms with van der Waals surface area (Å²) in [4.78, 5) is 12.1. The van der Waals surface area contributed by atoms with Crippen molar-refractivity contribution in [3.63, 3.8) is 0 Å². The topological polar surface area (TPSA) is 51.5 Å². The van der Waals surface area contributed by atoms with Crippen LogP contribution in [0.2, 0.25) is 0 Å². The molecule has 130 valence electrons. The van der Waals surface area contributed by atoms with Gasteiger partial charge < -0.3 is 14.5 Å². The second-order valence-electron chi connectivity index (χ2n) is 5.43. The number of hydrogen-bond acceptors (Lipinski definition) is 3. The molecule has 0 radical (unpaired) electrons. The van der Waals surface area contributed by atoms with Crippen LogP contribution in [0.15, 0.2) is 34.7 Å². The molecule has 0 saturated heterocycles. The number of nitrogens with one attached hydrogen (secondary N) is 1. The molecule has 4 nitrogen and oxygen atoms in total. The normalized spacial score (nSPS) is 11.5. The number of aryl methyl sites for hydroxylation is 2. The molecule has 1 amide bonds. The van der Waals surface area contributed by atoms with Crippen molar-refractivity contribution in [1.82, 2.24) is 5.32 Å². The molecule has 0 spiro atoms. The van der Waals surface area contributed by atoms with E-state index in [4.69, 9.17) is 4.42 Å². The number of amides is 1. The third kappa shape index (κ3) is 5.42. The molecule has 0 unspecified atom stereocenters. The number of rotatable bonds is 6. The van der Waals surface area contributed by atoms with E-state index in [-0.39, 0.29) is 12.5 Å². The number of carbonyl (C=O) groups excluding carboxylic acids is 1. The maximum atomic E-state index is 12.1. The van der Waals surface area contributed by atoms with Gasteiger partial charge in [0.1, 0.15) is 18.1 Å². The van der Waals surface area contributed by atoms with E-state index in [0.717, 1.165) is 5.56 Å². The second-order valence-corrected chi connectivity index (χ2v) is 5.43. The molecule has 24 heavy (non-hydrogen) atoms. The Labute approximate surface area is 137 Å². The van der Waals surface area contributed by atoms with Crippen molar-refractivity contribution >= 4 is 5.91 Å². The molecule has 1 aromatic carbocycles. The van der Waals surface area contributed by atoms with Crippen LogP contribution in [-0.4, -0.2) is 18.7 Å². The summed E-state index contributed by atoms with van der Waals surface area (Å²) in [6, 6.07) is 8.49. The monoisotopic (exact) mass is 341 g/mol. The molecule has 0 atom stereocenters. The summed E-state index contributed by atoms with van der Waals surface area (Å²) < 4.78 is 45.9. The van der Waals surface area contributed by atoms with E-state index < -0.39 is 12.8 Å². The minimum Gasteiger partial charge on any atom is -0.466 e. The molecule has 2 aromatic rings. The molecule has 1 aromatic heterocycles. The summed E-state index contributed by atoms with van der Waals surface area (Å²) in [6.45, 7) is 2.42. The first-order valence-corrected chi connectivity index (χ1v) is 7.32. The Morgan fingerprint density at radius 3 is 2.33 bits per heavy atom. The molecule has 0 saturated carbocycles. The van der Waals surface area contributed by atoms with Crippen LogP contribution in [0.25, 0.3) is 0 Å². The SMILES string of the molecule is Cc1cc(C(=O)NCc2ccc(COCC(F)(F)F)cc2)c(C)o1. The molecule has 0 aliphatic rings. The van der Waals surface area contributed by atoms with Crippen molar-refractivity contribution in [2.75, 3.05) is 6.61 Å². The van der Waals surface area contributed by atoms with E-state index in [1.54, 1.807) is 44.2 Å². The van der Waals surface area contributed by atoms with Gasteiger partial charge >= 0.3 is 6.18 Å². The Morgan fingerprint density at radius 1 is 1.17 bits per heavy atom. The molecule has 2 rings (SSSR count). The smallest absolute Gasteiger partial charge is 0.411 e. The summed E-state index contributed by atoms with van der Waals surface area (Å²) in [7, 11) is 0. The van der Waals surface area contributed by atoms with Crippen molar-refractivity contribution in [2.45, 2.75) is 33.2 Å². The van der Waals surface area contributed by atoms with E-state index in [1.165, 1.54) is 0 Å². The van der Waals surface area contributed by atoms with Gasteiger partial charge in [-0.25, -0.2) is 0 Å². The summed E-state index contributed by atoms with van der Waals surface area (Å²) in [5.74, 6) is 0.991. The maximum Gasteiger partial charge on any atom is 0.411 e. The van der Waals surface area contributed by atoms with Gasteiger partial charge in [0, 0.05) is 6.54 Å². The maximum absolute atomic E-state index is 12.1. The van der Waals surface area contributed by atoms with Crippen molar-refractivity contribution in [1.29, 1.82) is 0 Å². The molecule has 0 aliphatic carbocycles. The van der Waals surface area contributed by atoms with Crippen LogP contribution in [0.5, 0.6) is 0 Å². The third-order valence-corrected chi connectivity index (χ3v) is 3.30. The van der Waals surface area contributed by atoms with Gasteiger partial charge in [0.05, 0.1) is 12.2 Å². The highest BCUT2D eigenvalue weighted by Crippen LogP contribution is 2.16. The molecule has 7 heteroatoms. The van der Waals surface area contributed by atoms with E-state index in [9.17, 15) is 18.0 Å². The quantitative estimate of drug-likeness (QED) is 0.867. The van der Waals surface area contributed by atoms with Gasteiger partial charge in [0.15, 0.2) is 0 Å². The van der Waals surface area contributed by atoms with Gasteiger partial charge in [-0.05, 0) is 31.0 Å². The molecule has 0 bridgehead atoms. The fourth-order valence-corrected chi connectivity index (χ4v) is 2.17. The van der Waals surface area contributed by atoms with Gasteiger partial charge in [-0.2, -0.15) is 13.2 Å². The van der Waals surface area contributed by atoms with E-state index in [0.29, 0.717) is 29.2 Å². The number of alkyl halides is 3. The lowest BCUT2D eigenvalue weighted by molar-refractivity contribution is -0.176. The van der Waals surface area contributed by atoms with Gasteiger partial charge in [0.2, 0.25) is 0 Å². The predicted molar refractivity (Wildman–Crippen MR) is 81.5 cm³/mol. The molecular formula is C17H18F3NO3. The number of hydrogen-bond donors (Lipinski definition) is 1. The van der Waals surface area contributed by atoms with Crippen LogP contribution in [0.1, 0.15) is 33.0 Å². The molecular weight excluding hydrogens is 323 g/mol. The van der Waals surface area contributed by atoms with Gasteiger partial charge in [-0.3, -0.25) is 4.79 Å². The average molecular weight is 341 g/mol. The first-order chi connectivity index (χ1) is 11.2. The van der Waals surface area contributed by atoms with Crippen LogP contribution in [0.4, 0.5) is 13.2 Å². The van der Waals surface area contributed by atoms with E-state index >= 15 is 0 Å². The predicted octanol–water partition coefficient (Wildman–Crippen LogP) is 3.91. The molecule has 1 heterocycles. The standard InChI is InChI=1S/C17H18F3NO3/c1-11-7-15(12(2)24-11)16(22)21-8-13-3-5-14(6-4-13)9-23-10-17(18,19)20/h3-7H,8-10H2,1-2H3,(H,21,22).